The van der Waals surface area contributed by atoms with Crippen molar-refractivity contribution < 1.29 is 13.2 Å². The van der Waals surface area contributed by atoms with Crippen molar-refractivity contribution in [1.29, 1.82) is 0 Å². The second kappa shape index (κ2) is 7.42. The molecule has 23 heavy (non-hydrogen) atoms. The molecule has 0 aromatic heterocycles. The molecule has 0 atom stereocenters. The summed E-state index contributed by atoms with van der Waals surface area (Å²) in [6.45, 7) is 5.35. The number of likely N-dealkylation sites (tertiary alicyclic amines) is 1. The zero-order chi connectivity index (χ0) is 17.0. The Labute approximate surface area is 138 Å². The van der Waals surface area contributed by atoms with Gasteiger partial charge in [-0.05, 0) is 31.4 Å². The molecule has 1 aromatic rings. The maximum absolute atomic E-state index is 12.0. The van der Waals surface area contributed by atoms with Crippen LogP contribution in [0.15, 0.2) is 24.3 Å². The molecule has 2 rings (SSSR count). The first kappa shape index (κ1) is 17.9. The first-order valence-corrected chi connectivity index (χ1v) is 9.32. The number of rotatable bonds is 7. The van der Waals surface area contributed by atoms with Gasteiger partial charge >= 0.3 is 0 Å². The second-order valence-electron chi connectivity index (χ2n) is 6.17. The minimum atomic E-state index is -3.46. The van der Waals surface area contributed by atoms with Gasteiger partial charge in [-0.2, -0.15) is 17.4 Å². The summed E-state index contributed by atoms with van der Waals surface area (Å²) in [5, 5.41) is 0. The number of hydrogen-bond donors (Lipinski definition) is 1. The van der Waals surface area contributed by atoms with Gasteiger partial charge in [0.1, 0.15) is 0 Å². The van der Waals surface area contributed by atoms with Gasteiger partial charge in [-0.25, -0.2) is 0 Å². The minimum absolute atomic E-state index is 0.0899. The zero-order valence-electron chi connectivity index (χ0n) is 13.9. The Morgan fingerprint density at radius 1 is 1.22 bits per heavy atom. The van der Waals surface area contributed by atoms with Crippen molar-refractivity contribution in [3.05, 3.63) is 35.4 Å². The lowest BCUT2D eigenvalue weighted by Gasteiger charge is -2.21. The summed E-state index contributed by atoms with van der Waals surface area (Å²) in [7, 11) is -1.90. The molecule has 6 nitrogen and oxygen atoms in total. The van der Waals surface area contributed by atoms with E-state index in [-0.39, 0.29) is 18.5 Å². The molecule has 1 heterocycles. The van der Waals surface area contributed by atoms with E-state index in [4.69, 9.17) is 0 Å². The molecule has 0 saturated carbocycles. The van der Waals surface area contributed by atoms with Gasteiger partial charge in [0, 0.05) is 39.1 Å². The average molecular weight is 339 g/mol. The lowest BCUT2D eigenvalue weighted by Crippen LogP contribution is -2.41. The maximum Gasteiger partial charge on any atom is 0.279 e. The summed E-state index contributed by atoms with van der Waals surface area (Å²) in [6.07, 6.45) is 1.57. The van der Waals surface area contributed by atoms with Crippen molar-refractivity contribution in [3.8, 4) is 0 Å². The van der Waals surface area contributed by atoms with Gasteiger partial charge in [0.05, 0.1) is 0 Å². The quantitative estimate of drug-likeness (QED) is 0.818. The number of carbonyl (C=O) groups excluding carboxylic acids is 1. The van der Waals surface area contributed by atoms with Crippen LogP contribution in [0.2, 0.25) is 0 Å². The van der Waals surface area contributed by atoms with Crippen LogP contribution < -0.4 is 4.72 Å². The summed E-state index contributed by atoms with van der Waals surface area (Å²) >= 11 is 0. The van der Waals surface area contributed by atoms with E-state index in [9.17, 15) is 13.2 Å². The number of benzene rings is 1. The smallest absolute Gasteiger partial charge is 0.279 e. The summed E-state index contributed by atoms with van der Waals surface area (Å²) in [5.41, 5.74) is 1.95. The van der Waals surface area contributed by atoms with Crippen LogP contribution in [0.3, 0.4) is 0 Å². The van der Waals surface area contributed by atoms with Crippen LogP contribution in [0.1, 0.15) is 37.8 Å². The van der Waals surface area contributed by atoms with E-state index >= 15 is 0 Å². The van der Waals surface area contributed by atoms with Gasteiger partial charge in [-0.1, -0.05) is 24.3 Å². The first-order chi connectivity index (χ1) is 10.8. The van der Waals surface area contributed by atoms with Crippen molar-refractivity contribution in [2.75, 3.05) is 13.6 Å². The van der Waals surface area contributed by atoms with Crippen LogP contribution in [0, 0.1) is 0 Å². The number of nitrogens with zero attached hydrogens (tertiary/aromatic N) is 2. The van der Waals surface area contributed by atoms with Crippen LogP contribution >= 0.6 is 0 Å². The van der Waals surface area contributed by atoms with Gasteiger partial charge in [0.25, 0.3) is 10.2 Å². The Kier molecular flexibility index (Phi) is 5.78. The molecular weight excluding hydrogens is 314 g/mol. The molecule has 128 valence electrons. The number of amides is 1. The molecule has 1 saturated heterocycles. The Morgan fingerprint density at radius 2 is 1.83 bits per heavy atom. The third-order valence-corrected chi connectivity index (χ3v) is 5.82. The van der Waals surface area contributed by atoms with Gasteiger partial charge in [0.15, 0.2) is 0 Å². The van der Waals surface area contributed by atoms with E-state index in [0.717, 1.165) is 24.1 Å². The third kappa shape index (κ3) is 4.76. The average Bonchev–Trinajstić information content (AvgIpc) is 2.91. The van der Waals surface area contributed by atoms with Crippen LogP contribution in [-0.2, 0) is 28.1 Å². The predicted molar refractivity (Wildman–Crippen MR) is 89.8 cm³/mol. The topological polar surface area (TPSA) is 69.7 Å². The fraction of sp³-hybridized carbons (Fsp3) is 0.562. The van der Waals surface area contributed by atoms with Crippen molar-refractivity contribution in [2.45, 2.75) is 45.8 Å². The Hall–Kier alpha value is -1.44. The molecule has 1 fully saturated rings. The second-order valence-corrected chi connectivity index (χ2v) is 7.99. The van der Waals surface area contributed by atoms with Crippen LogP contribution in [0.25, 0.3) is 0 Å². The highest BCUT2D eigenvalue weighted by Crippen LogP contribution is 2.15. The van der Waals surface area contributed by atoms with Gasteiger partial charge < -0.3 is 4.90 Å². The van der Waals surface area contributed by atoms with Crippen molar-refractivity contribution in [1.82, 2.24) is 13.9 Å². The van der Waals surface area contributed by atoms with Crippen molar-refractivity contribution >= 4 is 16.1 Å². The Morgan fingerprint density at radius 3 is 2.35 bits per heavy atom. The molecule has 7 heteroatoms. The molecule has 1 amide bonds. The number of nitrogens with one attached hydrogen (secondary N) is 1. The maximum atomic E-state index is 12.0. The van der Waals surface area contributed by atoms with E-state index < -0.39 is 10.2 Å². The molecule has 0 unspecified atom stereocenters. The van der Waals surface area contributed by atoms with E-state index in [2.05, 4.69) is 4.72 Å². The normalized spacial score (nSPS) is 15.9. The number of carbonyl (C=O) groups is 1. The molecule has 0 bridgehead atoms. The van der Waals surface area contributed by atoms with Crippen molar-refractivity contribution in [2.24, 2.45) is 0 Å². The standard InChI is InChI=1S/C16H25N3O3S/c1-13(2)18(3)23(21,22)17-11-14-6-8-15(9-7-14)12-19-10-4-5-16(19)20/h6-9,13,17H,4-5,10-12H2,1-3H3. The Bertz CT molecular complexity index is 641. The van der Waals surface area contributed by atoms with E-state index in [1.807, 2.05) is 43.0 Å². The molecule has 0 radical (unpaired) electrons. The Balaban J connectivity index is 1.91. The van der Waals surface area contributed by atoms with Gasteiger partial charge in [-0.3, -0.25) is 4.79 Å². The highest BCUT2D eigenvalue weighted by atomic mass is 32.2. The summed E-state index contributed by atoms with van der Waals surface area (Å²) in [6, 6.07) is 7.59. The molecule has 0 aliphatic carbocycles. The van der Waals surface area contributed by atoms with Gasteiger partial charge in [-0.15, -0.1) is 0 Å². The molecule has 0 spiro atoms. The van der Waals surface area contributed by atoms with Gasteiger partial charge in [0.2, 0.25) is 5.91 Å². The molecule has 1 N–H and O–H groups in total. The number of hydrogen-bond acceptors (Lipinski definition) is 3. The summed E-state index contributed by atoms with van der Waals surface area (Å²) in [5.74, 6) is 0.207. The largest absolute Gasteiger partial charge is 0.338 e. The molecule has 1 aliphatic rings. The van der Waals surface area contributed by atoms with E-state index in [1.54, 1.807) is 7.05 Å². The highest BCUT2D eigenvalue weighted by Gasteiger charge is 2.21. The zero-order valence-corrected chi connectivity index (χ0v) is 14.8. The third-order valence-electron chi connectivity index (χ3n) is 4.13. The summed E-state index contributed by atoms with van der Waals surface area (Å²) < 4.78 is 28.0. The monoisotopic (exact) mass is 339 g/mol. The summed E-state index contributed by atoms with van der Waals surface area (Å²) in [4.78, 5) is 13.5. The highest BCUT2D eigenvalue weighted by molar-refractivity contribution is 7.87. The van der Waals surface area contributed by atoms with Crippen LogP contribution in [0.4, 0.5) is 0 Å². The minimum Gasteiger partial charge on any atom is -0.338 e. The van der Waals surface area contributed by atoms with Crippen molar-refractivity contribution in [3.63, 3.8) is 0 Å². The fourth-order valence-corrected chi connectivity index (χ4v) is 3.52. The van der Waals surface area contributed by atoms with Crippen LogP contribution in [-0.4, -0.2) is 43.2 Å². The fourth-order valence-electron chi connectivity index (χ4n) is 2.41. The molecule has 1 aliphatic heterocycles. The van der Waals surface area contributed by atoms with E-state index in [0.29, 0.717) is 13.0 Å². The lowest BCUT2D eigenvalue weighted by molar-refractivity contribution is -0.128. The molecule has 1 aromatic carbocycles. The lowest BCUT2D eigenvalue weighted by atomic mass is 10.1. The van der Waals surface area contributed by atoms with Crippen LogP contribution in [0.5, 0.6) is 0 Å². The first-order valence-electron chi connectivity index (χ1n) is 7.88. The van der Waals surface area contributed by atoms with E-state index in [1.165, 1.54) is 4.31 Å². The molecular formula is C16H25N3O3S. The SMILES string of the molecule is CC(C)N(C)S(=O)(=O)NCc1ccc(CN2CCCC2=O)cc1. The predicted octanol–water partition coefficient (Wildman–Crippen LogP) is 1.48.